The summed E-state index contributed by atoms with van der Waals surface area (Å²) in [4.78, 5) is 18.7. The Bertz CT molecular complexity index is 1120. The lowest BCUT2D eigenvalue weighted by atomic mass is 9.93. The van der Waals surface area contributed by atoms with Gasteiger partial charge in [-0.15, -0.1) is 0 Å². The second kappa shape index (κ2) is 7.03. The van der Waals surface area contributed by atoms with Gasteiger partial charge in [-0.3, -0.25) is 9.78 Å². The van der Waals surface area contributed by atoms with Crippen molar-refractivity contribution < 1.29 is 9.53 Å². The van der Waals surface area contributed by atoms with Crippen LogP contribution < -0.4 is 9.64 Å². The normalized spacial score (nSPS) is 14.8. The number of pyridine rings is 1. The molecule has 5 rings (SSSR count). The zero-order chi connectivity index (χ0) is 20.0. The number of benzene rings is 2. The molecule has 3 aromatic rings. The number of methoxy groups -OCH3 is 1. The first-order valence-electron chi connectivity index (χ1n) is 10.3. The van der Waals surface area contributed by atoms with Crippen LogP contribution >= 0.6 is 0 Å². The molecule has 146 valence electrons. The number of aryl methyl sites for hydroxylation is 2. The molecule has 0 aliphatic carbocycles. The van der Waals surface area contributed by atoms with Crippen LogP contribution in [0.15, 0.2) is 48.8 Å². The lowest BCUT2D eigenvalue weighted by molar-refractivity contribution is -0.118. The molecule has 0 N–H and O–H groups in total. The number of rotatable bonds is 4. The number of carbonyl (C=O) groups excluding carboxylic acids is 1. The number of hydrogen-bond donors (Lipinski definition) is 0. The molecule has 4 heteroatoms. The minimum Gasteiger partial charge on any atom is -0.496 e. The van der Waals surface area contributed by atoms with Gasteiger partial charge in [0, 0.05) is 36.5 Å². The summed E-state index contributed by atoms with van der Waals surface area (Å²) >= 11 is 0. The molecule has 0 saturated heterocycles. The summed E-state index contributed by atoms with van der Waals surface area (Å²) in [5, 5.41) is 0. The molecule has 4 nitrogen and oxygen atoms in total. The van der Waals surface area contributed by atoms with Crippen molar-refractivity contribution in [2.45, 2.75) is 32.6 Å². The van der Waals surface area contributed by atoms with Crippen molar-refractivity contribution in [2.75, 3.05) is 18.6 Å². The SMILES string of the molecule is CCc1cc(-c2cncc(-c3cc4c5c(c3)CCN5C(=O)CC4)c2)ccc1OC. The highest BCUT2D eigenvalue weighted by molar-refractivity contribution is 5.99. The van der Waals surface area contributed by atoms with Crippen LogP contribution in [0.2, 0.25) is 0 Å². The van der Waals surface area contributed by atoms with Gasteiger partial charge >= 0.3 is 0 Å². The predicted molar refractivity (Wildman–Crippen MR) is 115 cm³/mol. The average molecular weight is 384 g/mol. The molecule has 3 heterocycles. The Labute approximate surface area is 171 Å². The number of hydrogen-bond acceptors (Lipinski definition) is 3. The smallest absolute Gasteiger partial charge is 0.227 e. The Balaban J connectivity index is 1.56. The zero-order valence-electron chi connectivity index (χ0n) is 16.9. The third-order valence-corrected chi connectivity index (χ3v) is 6.12. The summed E-state index contributed by atoms with van der Waals surface area (Å²) in [5.74, 6) is 1.19. The van der Waals surface area contributed by atoms with Crippen molar-refractivity contribution in [1.82, 2.24) is 4.98 Å². The molecule has 0 atom stereocenters. The molecule has 0 saturated carbocycles. The molecule has 2 aliphatic heterocycles. The van der Waals surface area contributed by atoms with Crippen LogP contribution in [0.4, 0.5) is 5.69 Å². The fraction of sp³-hybridized carbons (Fsp3) is 0.280. The molecule has 0 unspecified atom stereocenters. The van der Waals surface area contributed by atoms with E-state index in [0.717, 1.165) is 53.9 Å². The monoisotopic (exact) mass is 384 g/mol. The van der Waals surface area contributed by atoms with Gasteiger partial charge in [-0.1, -0.05) is 13.0 Å². The lowest BCUT2D eigenvalue weighted by Gasteiger charge is -2.25. The Morgan fingerprint density at radius 2 is 1.69 bits per heavy atom. The quantitative estimate of drug-likeness (QED) is 0.647. The molecule has 1 amide bonds. The number of nitrogens with zero attached hydrogens (tertiary/aromatic N) is 2. The molecule has 1 aromatic heterocycles. The number of amides is 1. The summed E-state index contributed by atoms with van der Waals surface area (Å²) in [6.07, 6.45) is 7.16. The summed E-state index contributed by atoms with van der Waals surface area (Å²) in [5.41, 5.74) is 9.49. The molecular weight excluding hydrogens is 360 g/mol. The van der Waals surface area contributed by atoms with Crippen LogP contribution in [0.5, 0.6) is 5.75 Å². The highest BCUT2D eigenvalue weighted by Crippen LogP contribution is 2.40. The summed E-state index contributed by atoms with van der Waals surface area (Å²) in [7, 11) is 1.71. The number of ether oxygens (including phenoxy) is 1. The second-order valence-electron chi connectivity index (χ2n) is 7.78. The van der Waals surface area contributed by atoms with Crippen LogP contribution in [-0.2, 0) is 24.1 Å². The topological polar surface area (TPSA) is 42.4 Å². The van der Waals surface area contributed by atoms with Gasteiger partial charge in [0.1, 0.15) is 5.75 Å². The van der Waals surface area contributed by atoms with Crippen LogP contribution in [0, 0.1) is 0 Å². The van der Waals surface area contributed by atoms with Crippen LogP contribution in [0.3, 0.4) is 0 Å². The van der Waals surface area contributed by atoms with Gasteiger partial charge in [0.15, 0.2) is 0 Å². The van der Waals surface area contributed by atoms with Crippen molar-refractivity contribution in [2.24, 2.45) is 0 Å². The highest BCUT2D eigenvalue weighted by Gasteiger charge is 2.31. The third kappa shape index (κ3) is 3.00. The molecule has 0 radical (unpaired) electrons. The van der Waals surface area contributed by atoms with Gasteiger partial charge in [0.25, 0.3) is 0 Å². The van der Waals surface area contributed by atoms with E-state index < -0.39 is 0 Å². The van der Waals surface area contributed by atoms with Crippen LogP contribution in [-0.4, -0.2) is 24.5 Å². The van der Waals surface area contributed by atoms with Gasteiger partial charge in [-0.05, 0) is 77.4 Å². The number of anilines is 1. The van der Waals surface area contributed by atoms with Gasteiger partial charge < -0.3 is 9.64 Å². The molecule has 0 fully saturated rings. The first-order chi connectivity index (χ1) is 14.2. The molecule has 0 spiro atoms. The predicted octanol–water partition coefficient (Wildman–Crippen LogP) is 4.82. The summed E-state index contributed by atoms with van der Waals surface area (Å²) < 4.78 is 5.47. The molecule has 0 bridgehead atoms. The van der Waals surface area contributed by atoms with E-state index in [1.54, 1.807) is 7.11 Å². The fourth-order valence-electron chi connectivity index (χ4n) is 4.61. The second-order valence-corrected chi connectivity index (χ2v) is 7.78. The highest BCUT2D eigenvalue weighted by atomic mass is 16.5. The third-order valence-electron chi connectivity index (χ3n) is 6.12. The van der Waals surface area contributed by atoms with E-state index in [9.17, 15) is 4.79 Å². The van der Waals surface area contributed by atoms with Crippen LogP contribution in [0.1, 0.15) is 30.0 Å². The average Bonchev–Trinajstić information content (AvgIpc) is 3.21. The largest absolute Gasteiger partial charge is 0.496 e. The molecule has 29 heavy (non-hydrogen) atoms. The Morgan fingerprint density at radius 1 is 0.931 bits per heavy atom. The van der Waals surface area contributed by atoms with E-state index >= 15 is 0 Å². The minimum atomic E-state index is 0.263. The van der Waals surface area contributed by atoms with Gasteiger partial charge in [-0.25, -0.2) is 0 Å². The van der Waals surface area contributed by atoms with E-state index in [4.69, 9.17) is 4.74 Å². The van der Waals surface area contributed by atoms with Gasteiger partial charge in [0.2, 0.25) is 5.91 Å². The zero-order valence-corrected chi connectivity index (χ0v) is 16.9. The van der Waals surface area contributed by atoms with Crippen molar-refractivity contribution in [3.63, 3.8) is 0 Å². The van der Waals surface area contributed by atoms with E-state index in [-0.39, 0.29) is 5.91 Å². The maximum atomic E-state index is 12.2. The van der Waals surface area contributed by atoms with Crippen LogP contribution in [0.25, 0.3) is 22.3 Å². The first-order valence-corrected chi connectivity index (χ1v) is 10.3. The molecule has 2 aromatic carbocycles. The van der Waals surface area contributed by atoms with E-state index in [0.29, 0.717) is 6.42 Å². The van der Waals surface area contributed by atoms with E-state index in [1.165, 1.54) is 22.3 Å². The van der Waals surface area contributed by atoms with Crippen molar-refractivity contribution in [1.29, 1.82) is 0 Å². The van der Waals surface area contributed by atoms with Gasteiger partial charge in [-0.2, -0.15) is 0 Å². The maximum Gasteiger partial charge on any atom is 0.227 e. The molecule has 2 aliphatic rings. The summed E-state index contributed by atoms with van der Waals surface area (Å²) in [6.45, 7) is 2.95. The Morgan fingerprint density at radius 3 is 2.45 bits per heavy atom. The maximum absolute atomic E-state index is 12.2. The molecular formula is C25H24N2O2. The standard InChI is InChI=1S/C25H24N2O2/c1-3-16-10-17(4-6-23(16)29-2)21-13-22(15-26-14-21)20-11-18-5-7-24(28)27-9-8-19(12-20)25(18)27/h4,6,10-15H,3,5,7-9H2,1-2H3. The van der Waals surface area contributed by atoms with Gasteiger partial charge in [0.05, 0.1) is 12.8 Å². The van der Waals surface area contributed by atoms with E-state index in [1.807, 2.05) is 23.4 Å². The fourth-order valence-corrected chi connectivity index (χ4v) is 4.61. The Kier molecular flexibility index (Phi) is 4.35. The summed E-state index contributed by atoms with van der Waals surface area (Å²) in [6, 6.07) is 13.0. The number of aromatic nitrogens is 1. The number of carbonyl (C=O) groups is 1. The van der Waals surface area contributed by atoms with E-state index in [2.05, 4.69) is 42.2 Å². The van der Waals surface area contributed by atoms with Crippen molar-refractivity contribution >= 4 is 11.6 Å². The first kappa shape index (κ1) is 17.9. The van der Waals surface area contributed by atoms with Crippen molar-refractivity contribution in [3.8, 4) is 28.0 Å². The van der Waals surface area contributed by atoms with Crippen molar-refractivity contribution in [3.05, 3.63) is 65.5 Å². The minimum absolute atomic E-state index is 0.263. The lowest BCUT2D eigenvalue weighted by Crippen LogP contribution is -2.32. The Hall–Kier alpha value is -3.14.